The topological polar surface area (TPSA) is 25.8 Å². The van der Waals surface area contributed by atoms with Crippen LogP contribution >= 0.6 is 0 Å². The van der Waals surface area contributed by atoms with E-state index in [-0.39, 0.29) is 0 Å². The van der Waals surface area contributed by atoms with Crippen molar-refractivity contribution < 1.29 is 0 Å². The third kappa shape index (κ3) is 3.99. The zero-order valence-electron chi connectivity index (χ0n) is 27.7. The zero-order valence-corrected chi connectivity index (χ0v) is 27.7. The predicted molar refractivity (Wildman–Crippen MR) is 210 cm³/mol. The predicted octanol–water partition coefficient (Wildman–Crippen LogP) is 12.1. The second-order valence-corrected chi connectivity index (χ2v) is 13.7. The summed E-state index contributed by atoms with van der Waals surface area (Å²) < 4.78 is 0. The molecule has 0 radical (unpaired) electrons. The number of hydrogen-bond donors (Lipinski definition) is 0. The van der Waals surface area contributed by atoms with E-state index in [1.165, 1.54) is 66.1 Å². The highest BCUT2D eigenvalue weighted by atomic mass is 14.9. The lowest BCUT2D eigenvalue weighted by Crippen LogP contribution is -2.25. The van der Waals surface area contributed by atoms with Gasteiger partial charge in [0.15, 0.2) is 5.82 Å². The monoisotopic (exact) mass is 646 g/mol. The molecule has 2 nitrogen and oxygen atoms in total. The van der Waals surface area contributed by atoms with Crippen LogP contribution in [0.25, 0.3) is 77.7 Å². The van der Waals surface area contributed by atoms with Gasteiger partial charge in [-0.15, -0.1) is 0 Å². The van der Waals surface area contributed by atoms with E-state index in [9.17, 15) is 0 Å². The summed E-state index contributed by atoms with van der Waals surface area (Å²) in [5, 5.41) is 4.94. The molecule has 0 saturated carbocycles. The van der Waals surface area contributed by atoms with Crippen molar-refractivity contribution >= 4 is 21.5 Å². The van der Waals surface area contributed by atoms with E-state index in [4.69, 9.17) is 9.97 Å². The number of benzene rings is 8. The third-order valence-electron chi connectivity index (χ3n) is 11.1. The van der Waals surface area contributed by atoms with Crippen LogP contribution in [0.15, 0.2) is 182 Å². The standard InChI is InChI=1S/C49H30N2/c1-3-14-32(15-4-1)45-30-46(33-16-5-2-6-17-33)51-48(50-45)35-24-23-34-28-40-44(29-36(34)27-35)49(43-26-25-31-13-7-8-18-37(31)47(40)43)41-21-11-9-19-38(41)39-20-10-12-22-42(39)49/h1-30H. The van der Waals surface area contributed by atoms with Gasteiger partial charge in [-0.2, -0.15) is 0 Å². The Balaban J connectivity index is 1.19. The highest BCUT2D eigenvalue weighted by molar-refractivity contribution is 6.08. The molecule has 8 aromatic carbocycles. The molecular weight excluding hydrogens is 617 g/mol. The first-order valence-electron chi connectivity index (χ1n) is 17.6. The van der Waals surface area contributed by atoms with E-state index >= 15 is 0 Å². The Morgan fingerprint density at radius 2 is 0.922 bits per heavy atom. The van der Waals surface area contributed by atoms with Crippen molar-refractivity contribution in [1.29, 1.82) is 0 Å². The van der Waals surface area contributed by atoms with Gasteiger partial charge in [0.2, 0.25) is 0 Å². The van der Waals surface area contributed by atoms with Crippen molar-refractivity contribution in [3.8, 4) is 56.2 Å². The van der Waals surface area contributed by atoms with Gasteiger partial charge in [-0.3, -0.25) is 0 Å². The molecule has 0 bridgehead atoms. The Bertz CT molecular complexity index is 2750. The Morgan fingerprint density at radius 3 is 1.61 bits per heavy atom. The van der Waals surface area contributed by atoms with Gasteiger partial charge in [0.25, 0.3) is 0 Å². The van der Waals surface area contributed by atoms with Crippen LogP contribution in [0.1, 0.15) is 22.3 Å². The van der Waals surface area contributed by atoms with Gasteiger partial charge in [0, 0.05) is 16.7 Å². The number of aromatic nitrogens is 2. The summed E-state index contributed by atoms with van der Waals surface area (Å²) in [5.41, 5.74) is 15.2. The molecule has 51 heavy (non-hydrogen) atoms. The maximum absolute atomic E-state index is 5.16. The summed E-state index contributed by atoms with van der Waals surface area (Å²) in [4.78, 5) is 10.3. The summed E-state index contributed by atoms with van der Waals surface area (Å²) in [7, 11) is 0. The number of hydrogen-bond acceptors (Lipinski definition) is 2. The van der Waals surface area contributed by atoms with Crippen molar-refractivity contribution in [2.75, 3.05) is 0 Å². The lowest BCUT2D eigenvalue weighted by molar-refractivity contribution is 0.795. The first kappa shape index (κ1) is 28.2. The smallest absolute Gasteiger partial charge is 0.160 e. The van der Waals surface area contributed by atoms with E-state index in [0.29, 0.717) is 0 Å². The Hall–Kier alpha value is -6.64. The average molecular weight is 647 g/mol. The van der Waals surface area contributed by atoms with Crippen molar-refractivity contribution in [2.45, 2.75) is 5.41 Å². The molecule has 0 aliphatic heterocycles. The van der Waals surface area contributed by atoms with Crippen LogP contribution in [0.3, 0.4) is 0 Å². The Morgan fingerprint density at radius 1 is 0.333 bits per heavy atom. The van der Waals surface area contributed by atoms with Crippen molar-refractivity contribution in [3.05, 3.63) is 204 Å². The summed E-state index contributed by atoms with van der Waals surface area (Å²) >= 11 is 0. The van der Waals surface area contributed by atoms with Crippen LogP contribution < -0.4 is 0 Å². The van der Waals surface area contributed by atoms with Crippen LogP contribution in [0.2, 0.25) is 0 Å². The van der Waals surface area contributed by atoms with Gasteiger partial charge >= 0.3 is 0 Å². The number of rotatable bonds is 3. The van der Waals surface area contributed by atoms with Crippen LogP contribution in [0.5, 0.6) is 0 Å². The minimum Gasteiger partial charge on any atom is -0.228 e. The normalized spacial score (nSPS) is 13.3. The molecule has 1 aromatic heterocycles. The van der Waals surface area contributed by atoms with E-state index in [2.05, 4.69) is 170 Å². The minimum absolute atomic E-state index is 0.420. The van der Waals surface area contributed by atoms with E-state index < -0.39 is 5.41 Å². The van der Waals surface area contributed by atoms with E-state index in [0.717, 1.165) is 33.9 Å². The van der Waals surface area contributed by atoms with Crippen molar-refractivity contribution in [2.24, 2.45) is 0 Å². The fourth-order valence-corrected chi connectivity index (χ4v) is 8.88. The van der Waals surface area contributed by atoms with Gasteiger partial charge in [-0.05, 0) is 90.3 Å². The van der Waals surface area contributed by atoms with Gasteiger partial charge in [0.05, 0.1) is 16.8 Å². The van der Waals surface area contributed by atoms with Crippen LogP contribution in [-0.2, 0) is 5.41 Å². The van der Waals surface area contributed by atoms with Gasteiger partial charge in [-0.25, -0.2) is 9.97 Å². The summed E-state index contributed by atoms with van der Waals surface area (Å²) in [6, 6.07) is 66.0. The van der Waals surface area contributed by atoms with E-state index in [1.54, 1.807) is 0 Å². The molecule has 0 saturated heterocycles. The first-order valence-corrected chi connectivity index (χ1v) is 17.6. The van der Waals surface area contributed by atoms with Crippen molar-refractivity contribution in [1.82, 2.24) is 9.97 Å². The highest BCUT2D eigenvalue weighted by Crippen LogP contribution is 2.64. The van der Waals surface area contributed by atoms with Gasteiger partial charge in [-0.1, -0.05) is 158 Å². The number of fused-ring (bicyclic) bond motifs is 13. The van der Waals surface area contributed by atoms with Crippen molar-refractivity contribution in [3.63, 3.8) is 0 Å². The molecular formula is C49H30N2. The number of nitrogens with zero attached hydrogens (tertiary/aromatic N) is 2. The zero-order chi connectivity index (χ0) is 33.5. The quantitative estimate of drug-likeness (QED) is 0.191. The molecule has 0 unspecified atom stereocenters. The second-order valence-electron chi connectivity index (χ2n) is 13.7. The first-order chi connectivity index (χ1) is 25.3. The molecule has 2 aliphatic carbocycles. The minimum atomic E-state index is -0.420. The van der Waals surface area contributed by atoms with E-state index in [1.807, 2.05) is 12.1 Å². The second kappa shape index (κ2) is 10.7. The molecule has 0 N–H and O–H groups in total. The summed E-state index contributed by atoms with van der Waals surface area (Å²) in [6.07, 6.45) is 0. The Labute approximate surface area is 296 Å². The highest BCUT2D eigenvalue weighted by Gasteiger charge is 2.52. The fraction of sp³-hybridized carbons (Fsp3) is 0.0204. The van der Waals surface area contributed by atoms with Gasteiger partial charge in [0.1, 0.15) is 0 Å². The molecule has 0 fully saturated rings. The summed E-state index contributed by atoms with van der Waals surface area (Å²) in [5.74, 6) is 0.721. The fourth-order valence-electron chi connectivity index (χ4n) is 8.88. The molecule has 11 rings (SSSR count). The van der Waals surface area contributed by atoms with Crippen LogP contribution in [0.4, 0.5) is 0 Å². The molecule has 1 heterocycles. The van der Waals surface area contributed by atoms with Gasteiger partial charge < -0.3 is 0 Å². The molecule has 9 aromatic rings. The molecule has 0 amide bonds. The van der Waals surface area contributed by atoms with Crippen LogP contribution in [0, 0.1) is 0 Å². The SMILES string of the molecule is c1ccc(-c2cc(-c3ccccc3)nc(-c3ccc4cc5c(cc4c3)C3(c4ccccc4-c4ccccc43)c3ccc4ccccc4c3-5)n2)cc1. The molecule has 2 aliphatic rings. The summed E-state index contributed by atoms with van der Waals surface area (Å²) in [6.45, 7) is 0. The third-order valence-corrected chi connectivity index (χ3v) is 11.1. The molecule has 0 atom stereocenters. The molecule has 2 heteroatoms. The Kier molecular flexibility index (Phi) is 5.91. The maximum Gasteiger partial charge on any atom is 0.160 e. The average Bonchev–Trinajstić information content (AvgIpc) is 3.67. The largest absolute Gasteiger partial charge is 0.228 e. The lowest BCUT2D eigenvalue weighted by Gasteiger charge is -2.30. The maximum atomic E-state index is 5.16. The lowest BCUT2D eigenvalue weighted by atomic mass is 9.70. The molecule has 1 spiro atoms. The molecule has 236 valence electrons. The van der Waals surface area contributed by atoms with Crippen LogP contribution in [-0.4, -0.2) is 9.97 Å².